The molecule has 0 saturated carbocycles. The van der Waals surface area contributed by atoms with Crippen LogP contribution in [0.1, 0.15) is 24.7 Å². The normalized spacial score (nSPS) is 11.1. The summed E-state index contributed by atoms with van der Waals surface area (Å²) in [4.78, 5) is 4.35. The number of imidazole rings is 1. The molecule has 0 spiro atoms. The Morgan fingerprint density at radius 3 is 2.93 bits per heavy atom. The summed E-state index contributed by atoms with van der Waals surface area (Å²) in [7, 11) is 0. The van der Waals surface area contributed by atoms with Crippen molar-refractivity contribution in [2.75, 3.05) is 0 Å². The fourth-order valence-electron chi connectivity index (χ4n) is 1.61. The van der Waals surface area contributed by atoms with Crippen LogP contribution in [0.3, 0.4) is 0 Å². The number of halogens is 1. The predicted octanol–water partition coefficient (Wildman–Crippen LogP) is 3.25. The van der Waals surface area contributed by atoms with Gasteiger partial charge < -0.3 is 4.40 Å². The van der Waals surface area contributed by atoms with Crippen LogP contribution < -0.4 is 0 Å². The number of aryl methyl sites for hydroxylation is 2. The zero-order chi connectivity index (χ0) is 10.1. The molecule has 0 saturated heterocycles. The summed E-state index contributed by atoms with van der Waals surface area (Å²) < 4.78 is 2.08. The summed E-state index contributed by atoms with van der Waals surface area (Å²) in [5, 5.41) is 0.605. The first-order chi connectivity index (χ1) is 6.72. The molecule has 2 aromatic heterocycles. The van der Waals surface area contributed by atoms with Gasteiger partial charge in [0.2, 0.25) is 0 Å². The lowest BCUT2D eigenvalue weighted by molar-refractivity contribution is 0.829. The van der Waals surface area contributed by atoms with Gasteiger partial charge in [0.25, 0.3) is 0 Å². The molecule has 0 bridgehead atoms. The number of aromatic nitrogens is 2. The Morgan fingerprint density at radius 2 is 2.21 bits per heavy atom. The van der Waals surface area contributed by atoms with Crippen LogP contribution >= 0.6 is 11.6 Å². The molecule has 3 heteroatoms. The third kappa shape index (κ3) is 1.50. The van der Waals surface area contributed by atoms with E-state index in [1.165, 1.54) is 5.56 Å². The van der Waals surface area contributed by atoms with Gasteiger partial charge in [-0.3, -0.25) is 0 Å². The van der Waals surface area contributed by atoms with Crippen molar-refractivity contribution in [3.8, 4) is 0 Å². The van der Waals surface area contributed by atoms with Crippen molar-refractivity contribution in [1.82, 2.24) is 9.38 Å². The molecule has 2 nitrogen and oxygen atoms in total. The summed E-state index contributed by atoms with van der Waals surface area (Å²) in [6, 6.07) is 4.07. The molecule has 2 rings (SSSR count). The molecule has 0 fully saturated rings. The molecule has 0 unspecified atom stereocenters. The average molecular weight is 209 g/mol. The highest BCUT2D eigenvalue weighted by Gasteiger charge is 2.07. The minimum Gasteiger partial charge on any atom is -0.302 e. The second kappa shape index (κ2) is 3.62. The van der Waals surface area contributed by atoms with Gasteiger partial charge in [0.05, 0.1) is 5.52 Å². The lowest BCUT2D eigenvalue weighted by Gasteiger charge is -2.00. The number of hydrogen-bond acceptors (Lipinski definition) is 1. The minimum atomic E-state index is 0.605. The molecule has 0 atom stereocenters. The smallest absolute Gasteiger partial charge is 0.155 e. The van der Waals surface area contributed by atoms with Crippen LogP contribution in [0.25, 0.3) is 5.52 Å². The molecule has 0 aliphatic rings. The van der Waals surface area contributed by atoms with Crippen LogP contribution in [0.15, 0.2) is 18.3 Å². The molecule has 74 valence electrons. The van der Waals surface area contributed by atoms with Gasteiger partial charge in [-0.05, 0) is 25.0 Å². The van der Waals surface area contributed by atoms with E-state index in [1.54, 1.807) is 0 Å². The van der Waals surface area contributed by atoms with Gasteiger partial charge >= 0.3 is 0 Å². The lowest BCUT2D eigenvalue weighted by Crippen LogP contribution is -1.94. The van der Waals surface area contributed by atoms with Crippen molar-refractivity contribution < 1.29 is 0 Å². The van der Waals surface area contributed by atoms with E-state index >= 15 is 0 Å². The van der Waals surface area contributed by atoms with Crippen molar-refractivity contribution in [3.63, 3.8) is 0 Å². The van der Waals surface area contributed by atoms with E-state index in [9.17, 15) is 0 Å². The Balaban J connectivity index is 2.66. The van der Waals surface area contributed by atoms with Crippen LogP contribution in [0.4, 0.5) is 0 Å². The molecular formula is C11H13ClN2. The zero-order valence-corrected chi connectivity index (χ0v) is 9.17. The van der Waals surface area contributed by atoms with Crippen LogP contribution in [0, 0.1) is 6.92 Å². The zero-order valence-electron chi connectivity index (χ0n) is 8.42. The molecule has 0 amide bonds. The van der Waals surface area contributed by atoms with Gasteiger partial charge in [0.15, 0.2) is 5.15 Å². The van der Waals surface area contributed by atoms with Crippen molar-refractivity contribution >= 4 is 17.1 Å². The Hall–Kier alpha value is -1.02. The van der Waals surface area contributed by atoms with Crippen molar-refractivity contribution in [1.29, 1.82) is 0 Å². The first-order valence-electron chi connectivity index (χ1n) is 4.85. The molecule has 0 radical (unpaired) electrons. The second-order valence-electron chi connectivity index (χ2n) is 3.53. The largest absolute Gasteiger partial charge is 0.302 e. The third-order valence-electron chi connectivity index (χ3n) is 2.29. The third-order valence-corrected chi connectivity index (χ3v) is 2.56. The predicted molar refractivity (Wildman–Crippen MR) is 58.9 cm³/mol. The maximum absolute atomic E-state index is 6.03. The maximum atomic E-state index is 6.03. The number of rotatable bonds is 2. The fraction of sp³-hybridized carbons (Fsp3) is 0.364. The van der Waals surface area contributed by atoms with Gasteiger partial charge in [-0.2, -0.15) is 0 Å². The molecular weight excluding hydrogens is 196 g/mol. The highest BCUT2D eigenvalue weighted by molar-refractivity contribution is 6.32. The molecule has 0 aliphatic carbocycles. The molecule has 0 aliphatic heterocycles. The topological polar surface area (TPSA) is 17.3 Å². The minimum absolute atomic E-state index is 0.605. The van der Waals surface area contributed by atoms with Gasteiger partial charge in [0, 0.05) is 12.6 Å². The van der Waals surface area contributed by atoms with Crippen molar-refractivity contribution in [2.24, 2.45) is 0 Å². The van der Waals surface area contributed by atoms with Gasteiger partial charge in [-0.1, -0.05) is 24.6 Å². The molecule has 2 heterocycles. The summed E-state index contributed by atoms with van der Waals surface area (Å²) in [6.07, 6.45) is 4.14. The first kappa shape index (κ1) is 9.53. The standard InChI is InChI=1S/C11H13ClN2/c1-3-4-10-13-11(12)9-6-5-8(2)7-14(9)10/h5-7H,3-4H2,1-2H3. The van der Waals surface area contributed by atoms with E-state index in [0.717, 1.165) is 24.2 Å². The van der Waals surface area contributed by atoms with Crippen LogP contribution in [0.5, 0.6) is 0 Å². The Bertz CT molecular complexity index is 460. The fourth-order valence-corrected chi connectivity index (χ4v) is 1.86. The second-order valence-corrected chi connectivity index (χ2v) is 3.89. The van der Waals surface area contributed by atoms with Crippen LogP contribution in [-0.4, -0.2) is 9.38 Å². The van der Waals surface area contributed by atoms with E-state index < -0.39 is 0 Å². The summed E-state index contributed by atoms with van der Waals surface area (Å²) in [6.45, 7) is 4.22. The van der Waals surface area contributed by atoms with E-state index in [4.69, 9.17) is 11.6 Å². The van der Waals surface area contributed by atoms with Crippen LogP contribution in [0.2, 0.25) is 5.15 Å². The quantitative estimate of drug-likeness (QED) is 0.741. The van der Waals surface area contributed by atoms with Crippen molar-refractivity contribution in [3.05, 3.63) is 34.9 Å². The summed E-state index contributed by atoms with van der Waals surface area (Å²) >= 11 is 6.03. The van der Waals surface area contributed by atoms with Crippen LogP contribution in [-0.2, 0) is 6.42 Å². The number of fused-ring (bicyclic) bond motifs is 1. The van der Waals surface area contributed by atoms with Crippen molar-refractivity contribution in [2.45, 2.75) is 26.7 Å². The van der Waals surface area contributed by atoms with E-state index in [0.29, 0.717) is 5.15 Å². The SMILES string of the molecule is CCCc1nc(Cl)c2ccc(C)cn12. The Morgan fingerprint density at radius 1 is 1.43 bits per heavy atom. The first-order valence-corrected chi connectivity index (χ1v) is 5.23. The van der Waals surface area contributed by atoms with Gasteiger partial charge in [-0.15, -0.1) is 0 Å². The summed E-state index contributed by atoms with van der Waals surface area (Å²) in [5.41, 5.74) is 2.23. The van der Waals surface area contributed by atoms with Gasteiger partial charge in [0.1, 0.15) is 5.82 Å². The van der Waals surface area contributed by atoms with E-state index in [1.807, 2.05) is 6.07 Å². The number of pyridine rings is 1. The molecule has 0 N–H and O–H groups in total. The molecule has 14 heavy (non-hydrogen) atoms. The maximum Gasteiger partial charge on any atom is 0.155 e. The highest BCUT2D eigenvalue weighted by Crippen LogP contribution is 2.19. The monoisotopic (exact) mass is 208 g/mol. The van der Waals surface area contributed by atoms with E-state index in [-0.39, 0.29) is 0 Å². The van der Waals surface area contributed by atoms with Gasteiger partial charge in [-0.25, -0.2) is 4.98 Å². The molecule has 2 aromatic rings. The molecule has 0 aromatic carbocycles. The number of nitrogens with zero attached hydrogens (tertiary/aromatic N) is 2. The lowest BCUT2D eigenvalue weighted by atomic mass is 10.3. The highest BCUT2D eigenvalue weighted by atomic mass is 35.5. The average Bonchev–Trinajstić information content (AvgIpc) is 2.44. The Kier molecular flexibility index (Phi) is 2.46. The Labute approximate surface area is 88.5 Å². The number of hydrogen-bond donors (Lipinski definition) is 0. The van der Waals surface area contributed by atoms with E-state index in [2.05, 4.69) is 35.5 Å². The summed E-state index contributed by atoms with van der Waals surface area (Å²) in [5.74, 6) is 1.05.